The zero-order valence-corrected chi connectivity index (χ0v) is 10.5. The van der Waals surface area contributed by atoms with Crippen molar-refractivity contribution in [3.63, 3.8) is 0 Å². The minimum absolute atomic E-state index is 0.293. The lowest BCUT2D eigenvalue weighted by Gasteiger charge is -2.29. The van der Waals surface area contributed by atoms with Crippen molar-refractivity contribution < 1.29 is 9.50 Å². The Hall–Kier alpha value is -0.640. The molecule has 1 unspecified atom stereocenters. The van der Waals surface area contributed by atoms with Crippen LogP contribution in [0.25, 0.3) is 0 Å². The van der Waals surface area contributed by atoms with Crippen LogP contribution in [0.3, 0.4) is 0 Å². The fourth-order valence-corrected chi connectivity index (χ4v) is 1.34. The van der Waals surface area contributed by atoms with Gasteiger partial charge in [-0.2, -0.15) is 0 Å². The summed E-state index contributed by atoms with van der Waals surface area (Å²) >= 11 is 5.79. The molecule has 0 fully saturated rings. The van der Waals surface area contributed by atoms with Gasteiger partial charge in [-0.05, 0) is 39.0 Å². The Morgan fingerprint density at radius 3 is 2.69 bits per heavy atom. The van der Waals surface area contributed by atoms with E-state index in [9.17, 15) is 9.50 Å². The zero-order valence-electron chi connectivity index (χ0n) is 9.72. The largest absolute Gasteiger partial charge is 0.392 e. The highest BCUT2D eigenvalue weighted by atomic mass is 35.5. The summed E-state index contributed by atoms with van der Waals surface area (Å²) in [5, 5.41) is 13.1. The highest BCUT2D eigenvalue weighted by Gasteiger charge is 2.23. The van der Waals surface area contributed by atoms with Crippen LogP contribution in [0.1, 0.15) is 26.3 Å². The Kier molecular flexibility index (Phi) is 4.30. The quantitative estimate of drug-likeness (QED) is 0.855. The van der Waals surface area contributed by atoms with Gasteiger partial charge in [-0.1, -0.05) is 11.6 Å². The van der Waals surface area contributed by atoms with Gasteiger partial charge < -0.3 is 10.4 Å². The van der Waals surface area contributed by atoms with Crippen molar-refractivity contribution in [1.29, 1.82) is 0 Å². The van der Waals surface area contributed by atoms with Crippen LogP contribution in [-0.2, 0) is 6.54 Å². The Morgan fingerprint density at radius 1 is 1.50 bits per heavy atom. The van der Waals surface area contributed by atoms with Crippen molar-refractivity contribution in [2.75, 3.05) is 0 Å². The number of hydrogen-bond acceptors (Lipinski definition) is 2. The minimum atomic E-state index is -0.519. The second-order valence-corrected chi connectivity index (χ2v) is 4.92. The first kappa shape index (κ1) is 13.4. The summed E-state index contributed by atoms with van der Waals surface area (Å²) in [7, 11) is 0. The SMILES string of the molecule is CC(O)C(C)(C)NCc1cc(Cl)ccc1F. The van der Waals surface area contributed by atoms with Crippen molar-refractivity contribution in [1.82, 2.24) is 5.32 Å². The van der Waals surface area contributed by atoms with E-state index in [1.807, 2.05) is 13.8 Å². The Bertz CT molecular complexity index is 366. The molecule has 1 atom stereocenters. The van der Waals surface area contributed by atoms with Gasteiger partial charge in [0.1, 0.15) is 5.82 Å². The number of nitrogens with one attached hydrogen (secondary N) is 1. The van der Waals surface area contributed by atoms with Crippen LogP contribution in [0.15, 0.2) is 18.2 Å². The van der Waals surface area contributed by atoms with Gasteiger partial charge in [0.15, 0.2) is 0 Å². The van der Waals surface area contributed by atoms with Crippen molar-refractivity contribution in [3.8, 4) is 0 Å². The summed E-state index contributed by atoms with van der Waals surface area (Å²) in [4.78, 5) is 0. The van der Waals surface area contributed by atoms with E-state index in [1.165, 1.54) is 12.1 Å². The molecule has 90 valence electrons. The molecule has 1 rings (SSSR count). The summed E-state index contributed by atoms with van der Waals surface area (Å²) in [6, 6.07) is 4.44. The van der Waals surface area contributed by atoms with E-state index < -0.39 is 11.6 Å². The first-order valence-electron chi connectivity index (χ1n) is 5.20. The predicted molar refractivity (Wildman–Crippen MR) is 64.0 cm³/mol. The molecule has 0 bridgehead atoms. The monoisotopic (exact) mass is 245 g/mol. The average molecular weight is 246 g/mol. The minimum Gasteiger partial charge on any atom is -0.392 e. The van der Waals surface area contributed by atoms with Crippen molar-refractivity contribution in [3.05, 3.63) is 34.6 Å². The van der Waals surface area contributed by atoms with Crippen LogP contribution in [0.5, 0.6) is 0 Å². The maximum Gasteiger partial charge on any atom is 0.127 e. The van der Waals surface area contributed by atoms with Gasteiger partial charge in [0.05, 0.1) is 6.10 Å². The lowest BCUT2D eigenvalue weighted by atomic mass is 9.98. The van der Waals surface area contributed by atoms with Gasteiger partial charge in [0.25, 0.3) is 0 Å². The number of hydrogen-bond donors (Lipinski definition) is 2. The van der Waals surface area contributed by atoms with Crippen LogP contribution in [0, 0.1) is 5.82 Å². The molecule has 16 heavy (non-hydrogen) atoms. The lowest BCUT2D eigenvalue weighted by molar-refractivity contribution is 0.0954. The van der Waals surface area contributed by atoms with E-state index in [0.717, 1.165) is 0 Å². The molecule has 0 aliphatic heterocycles. The summed E-state index contributed by atoms with van der Waals surface area (Å²) in [6.45, 7) is 5.76. The summed E-state index contributed by atoms with van der Waals surface area (Å²) in [5.74, 6) is -0.293. The molecule has 0 aromatic heterocycles. The molecule has 2 N–H and O–H groups in total. The van der Waals surface area contributed by atoms with Crippen molar-refractivity contribution in [2.45, 2.75) is 39.0 Å². The van der Waals surface area contributed by atoms with E-state index >= 15 is 0 Å². The predicted octanol–water partition coefficient (Wildman–Crippen LogP) is 2.73. The number of halogens is 2. The second-order valence-electron chi connectivity index (χ2n) is 4.49. The molecule has 2 nitrogen and oxygen atoms in total. The molecule has 0 aliphatic rings. The third-order valence-electron chi connectivity index (χ3n) is 2.79. The molecular weight excluding hydrogens is 229 g/mol. The fraction of sp³-hybridized carbons (Fsp3) is 0.500. The van der Waals surface area contributed by atoms with E-state index in [0.29, 0.717) is 17.1 Å². The highest BCUT2D eigenvalue weighted by molar-refractivity contribution is 6.30. The summed E-state index contributed by atoms with van der Waals surface area (Å²) < 4.78 is 13.4. The smallest absolute Gasteiger partial charge is 0.127 e. The van der Waals surface area contributed by atoms with Crippen LogP contribution in [-0.4, -0.2) is 16.7 Å². The van der Waals surface area contributed by atoms with Crippen molar-refractivity contribution in [2.24, 2.45) is 0 Å². The Labute approximate surface area is 100 Å². The van der Waals surface area contributed by atoms with Crippen LogP contribution in [0.4, 0.5) is 4.39 Å². The van der Waals surface area contributed by atoms with Crippen LogP contribution >= 0.6 is 11.6 Å². The van der Waals surface area contributed by atoms with Gasteiger partial charge in [-0.25, -0.2) is 4.39 Å². The number of aliphatic hydroxyl groups is 1. The van der Waals surface area contributed by atoms with E-state index in [-0.39, 0.29) is 5.82 Å². The summed E-state index contributed by atoms with van der Waals surface area (Å²) in [6.07, 6.45) is -0.519. The molecular formula is C12H17ClFNO. The molecule has 1 aromatic rings. The first-order valence-corrected chi connectivity index (χ1v) is 5.58. The van der Waals surface area contributed by atoms with E-state index in [4.69, 9.17) is 11.6 Å². The standard InChI is InChI=1S/C12H17ClFNO/c1-8(16)12(2,3)15-7-9-6-10(13)4-5-11(9)14/h4-6,8,15-16H,7H2,1-3H3. The number of aliphatic hydroxyl groups excluding tert-OH is 1. The van der Waals surface area contributed by atoms with E-state index in [2.05, 4.69) is 5.32 Å². The number of benzene rings is 1. The van der Waals surface area contributed by atoms with Crippen LogP contribution < -0.4 is 5.32 Å². The normalized spacial score (nSPS) is 13.9. The average Bonchev–Trinajstić information content (AvgIpc) is 2.19. The van der Waals surface area contributed by atoms with Crippen LogP contribution in [0.2, 0.25) is 5.02 Å². The Balaban J connectivity index is 2.71. The second kappa shape index (κ2) is 5.13. The molecule has 0 saturated heterocycles. The maximum absolute atomic E-state index is 13.4. The molecule has 0 saturated carbocycles. The maximum atomic E-state index is 13.4. The van der Waals surface area contributed by atoms with Crippen molar-refractivity contribution >= 4 is 11.6 Å². The molecule has 4 heteroatoms. The zero-order chi connectivity index (χ0) is 12.3. The third kappa shape index (κ3) is 3.44. The highest BCUT2D eigenvalue weighted by Crippen LogP contribution is 2.16. The molecule has 1 aromatic carbocycles. The third-order valence-corrected chi connectivity index (χ3v) is 3.02. The summed E-state index contributed by atoms with van der Waals surface area (Å²) in [5.41, 5.74) is 0.0376. The topological polar surface area (TPSA) is 32.3 Å². The van der Waals surface area contributed by atoms with E-state index in [1.54, 1.807) is 13.0 Å². The first-order chi connectivity index (χ1) is 7.33. The Morgan fingerprint density at radius 2 is 2.12 bits per heavy atom. The van der Waals surface area contributed by atoms with Gasteiger partial charge in [0.2, 0.25) is 0 Å². The fourth-order valence-electron chi connectivity index (χ4n) is 1.15. The molecule has 0 spiro atoms. The van der Waals surface area contributed by atoms with Gasteiger partial charge in [-0.3, -0.25) is 0 Å². The lowest BCUT2D eigenvalue weighted by Crippen LogP contribution is -2.47. The molecule has 0 heterocycles. The molecule has 0 amide bonds. The molecule has 0 aliphatic carbocycles. The number of rotatable bonds is 4. The van der Waals surface area contributed by atoms with Gasteiger partial charge in [-0.15, -0.1) is 0 Å². The van der Waals surface area contributed by atoms with Gasteiger partial charge >= 0.3 is 0 Å². The van der Waals surface area contributed by atoms with Gasteiger partial charge in [0, 0.05) is 22.7 Å². The molecule has 0 radical (unpaired) electrons.